The van der Waals surface area contributed by atoms with Crippen molar-refractivity contribution in [3.05, 3.63) is 30.1 Å². The van der Waals surface area contributed by atoms with Gasteiger partial charge in [0.1, 0.15) is 29.7 Å². The third kappa shape index (κ3) is 10.4. The molecule has 0 aromatic heterocycles. The van der Waals surface area contributed by atoms with Gasteiger partial charge in [-0.3, -0.25) is 4.79 Å². The Hall–Kier alpha value is -2.48. The van der Waals surface area contributed by atoms with E-state index in [2.05, 4.69) is 0 Å². The maximum Gasteiger partial charge on any atom is 0.331 e. The number of carbonyl (C=O) groups is 2. The number of likely N-dealkylation sites (N-methyl/N-ethyl adjacent to an activating group) is 1. The molecule has 2 heterocycles. The Kier molecular flexibility index (Phi) is 14.9. The van der Waals surface area contributed by atoms with E-state index in [-0.39, 0.29) is 31.5 Å². The van der Waals surface area contributed by atoms with E-state index in [0.717, 1.165) is 29.2 Å². The van der Waals surface area contributed by atoms with Crippen molar-refractivity contribution in [1.29, 1.82) is 0 Å². The summed E-state index contributed by atoms with van der Waals surface area (Å²) in [5, 5.41) is 58.4. The van der Waals surface area contributed by atoms with Crippen LogP contribution in [-0.4, -0.2) is 143 Å². The van der Waals surface area contributed by atoms with Crippen LogP contribution < -0.4 is 4.72 Å². The molecule has 1 aromatic carbocycles. The molecule has 304 valence electrons. The quantitative estimate of drug-likeness (QED) is 0.227. The topological polar surface area (TPSA) is 216 Å². The van der Waals surface area contributed by atoms with Crippen molar-refractivity contribution in [2.24, 2.45) is 17.8 Å². The molecule has 0 bridgehead atoms. The van der Waals surface area contributed by atoms with Gasteiger partial charge < -0.3 is 49.5 Å². The SMILES string of the molecule is CC[C@H]1OC(=O)[C@H](C)[C@@H](O)[C@H](C)[C@@H](O[C@@H]2O[C@H](C)C[C@H](N(C)C)[C@H]2O)[C@](C)(O)C[C@@H](C)CN(C(=O)NS(=O)(=O)c2ccc(F)cc2)[C@H](C)[C@@H](O)[C@]1(C)O. The summed E-state index contributed by atoms with van der Waals surface area (Å²) in [6.45, 7) is 11.8. The third-order valence-corrected chi connectivity index (χ3v) is 12.1. The fourth-order valence-electron chi connectivity index (χ4n) is 7.62. The second-order valence-corrected chi connectivity index (χ2v) is 17.4. The molecule has 1 aromatic rings. The number of nitrogens with zero attached hydrogens (tertiary/aromatic N) is 2. The van der Waals surface area contributed by atoms with E-state index < -0.39 is 105 Å². The monoisotopic (exact) mass is 777 g/mol. The first-order valence-corrected chi connectivity index (χ1v) is 19.6. The summed E-state index contributed by atoms with van der Waals surface area (Å²) in [5.41, 5.74) is -4.04. The van der Waals surface area contributed by atoms with Crippen molar-refractivity contribution in [3.63, 3.8) is 0 Å². The number of cyclic esters (lactones) is 1. The van der Waals surface area contributed by atoms with Crippen LogP contribution in [0.1, 0.15) is 74.7 Å². The minimum Gasteiger partial charge on any atom is -0.459 e. The van der Waals surface area contributed by atoms with Gasteiger partial charge in [-0.15, -0.1) is 0 Å². The number of urea groups is 1. The molecule has 0 unspecified atom stereocenters. The smallest absolute Gasteiger partial charge is 0.331 e. The Bertz CT molecular complexity index is 1500. The molecule has 14 atom stereocenters. The van der Waals surface area contributed by atoms with Crippen LogP contribution in [0.25, 0.3) is 0 Å². The van der Waals surface area contributed by atoms with Gasteiger partial charge in [-0.1, -0.05) is 20.8 Å². The number of benzene rings is 1. The van der Waals surface area contributed by atoms with Crippen LogP contribution in [0.2, 0.25) is 0 Å². The lowest BCUT2D eigenvalue weighted by molar-refractivity contribution is -0.299. The molecule has 0 saturated carbocycles. The molecule has 17 heteroatoms. The van der Waals surface area contributed by atoms with Gasteiger partial charge in [0.25, 0.3) is 10.0 Å². The number of hydrogen-bond donors (Lipinski definition) is 6. The molecule has 2 aliphatic heterocycles. The Balaban J connectivity index is 2.11. The van der Waals surface area contributed by atoms with Gasteiger partial charge in [-0.25, -0.2) is 22.3 Å². The summed E-state index contributed by atoms with van der Waals surface area (Å²) >= 11 is 0. The highest BCUT2D eigenvalue weighted by atomic mass is 32.2. The van der Waals surface area contributed by atoms with E-state index in [1.54, 1.807) is 34.9 Å². The summed E-state index contributed by atoms with van der Waals surface area (Å²) in [5.74, 6) is -4.51. The lowest BCUT2D eigenvalue weighted by Gasteiger charge is -2.46. The number of halogens is 1. The van der Waals surface area contributed by atoms with E-state index in [0.29, 0.717) is 6.42 Å². The summed E-state index contributed by atoms with van der Waals surface area (Å²) < 4.78 is 60.0. The molecule has 0 radical (unpaired) electrons. The van der Waals surface area contributed by atoms with E-state index in [1.165, 1.54) is 27.7 Å². The lowest BCUT2D eigenvalue weighted by atomic mass is 9.78. The fraction of sp³-hybridized carbons (Fsp3) is 0.778. The first kappa shape index (κ1) is 44.9. The molecule has 2 aliphatic rings. The molecule has 15 nitrogen and oxygen atoms in total. The third-order valence-electron chi connectivity index (χ3n) is 10.8. The fourth-order valence-corrected chi connectivity index (χ4v) is 8.58. The molecule has 3 rings (SSSR count). The second kappa shape index (κ2) is 17.5. The van der Waals surface area contributed by atoms with Gasteiger partial charge in [-0.05, 0) is 98.2 Å². The highest BCUT2D eigenvalue weighted by Crippen LogP contribution is 2.37. The zero-order valence-corrected chi connectivity index (χ0v) is 33.2. The van der Waals surface area contributed by atoms with Gasteiger partial charge >= 0.3 is 12.0 Å². The van der Waals surface area contributed by atoms with Crippen LogP contribution in [0.5, 0.6) is 0 Å². The van der Waals surface area contributed by atoms with Crippen molar-refractivity contribution in [3.8, 4) is 0 Å². The number of amides is 2. The average Bonchev–Trinajstić information content (AvgIpc) is 3.06. The van der Waals surface area contributed by atoms with E-state index in [4.69, 9.17) is 14.2 Å². The predicted octanol–water partition coefficient (Wildman–Crippen LogP) is 1.58. The largest absolute Gasteiger partial charge is 0.459 e. The van der Waals surface area contributed by atoms with Crippen molar-refractivity contribution in [1.82, 2.24) is 14.5 Å². The molecule has 0 aliphatic carbocycles. The van der Waals surface area contributed by atoms with E-state index in [9.17, 15) is 47.9 Å². The zero-order chi connectivity index (χ0) is 40.4. The standard InChI is InChI=1S/C36H60FN3O12S/c1-11-27-36(8,47)30(43)23(6)40(34(45)38-53(48,49)25-14-12-24(37)13-15-25)18-19(2)17-35(7,46)31(21(4)28(41)22(5)32(44)51-27)52-33-29(42)26(39(9)10)16-20(3)50-33/h12-15,19-23,26-31,33,41-43,46-47H,11,16-18H2,1-10H3,(H,38,45)/t19-,20-,21+,22-,23-,26+,27-,28+,29-,30-,31-,33+,35-,36-/m1/s1. The van der Waals surface area contributed by atoms with Crippen LogP contribution in [0.15, 0.2) is 29.2 Å². The Labute approximate surface area is 312 Å². The molecular formula is C36H60FN3O12S. The van der Waals surface area contributed by atoms with Crippen LogP contribution in [0.3, 0.4) is 0 Å². The van der Waals surface area contributed by atoms with Gasteiger partial charge in [0.15, 0.2) is 6.29 Å². The second-order valence-electron chi connectivity index (χ2n) is 15.7. The predicted molar refractivity (Wildman–Crippen MR) is 191 cm³/mol. The molecular weight excluding hydrogens is 717 g/mol. The van der Waals surface area contributed by atoms with Gasteiger partial charge in [0, 0.05) is 18.5 Å². The number of aliphatic hydroxyl groups excluding tert-OH is 3. The highest BCUT2D eigenvalue weighted by Gasteiger charge is 2.50. The Morgan fingerprint density at radius 3 is 2.19 bits per heavy atom. The summed E-state index contributed by atoms with van der Waals surface area (Å²) in [6, 6.07) is 0.913. The number of esters is 1. The average molecular weight is 778 g/mol. The van der Waals surface area contributed by atoms with E-state index in [1.807, 2.05) is 16.5 Å². The normalized spacial score (nSPS) is 39.9. The Morgan fingerprint density at radius 2 is 1.64 bits per heavy atom. The number of hydrogen-bond acceptors (Lipinski definition) is 13. The summed E-state index contributed by atoms with van der Waals surface area (Å²) in [6.07, 6.45) is -8.33. The summed E-state index contributed by atoms with van der Waals surface area (Å²) in [4.78, 5) is 29.8. The van der Waals surface area contributed by atoms with Gasteiger partial charge in [0.2, 0.25) is 0 Å². The minimum absolute atomic E-state index is 0.00497. The highest BCUT2D eigenvalue weighted by molar-refractivity contribution is 7.90. The van der Waals surface area contributed by atoms with Crippen LogP contribution in [0, 0.1) is 23.6 Å². The number of nitrogens with one attached hydrogen (secondary N) is 1. The molecule has 53 heavy (non-hydrogen) atoms. The molecule has 0 spiro atoms. The molecule has 2 amide bonds. The number of rotatable bonds is 6. The zero-order valence-electron chi connectivity index (χ0n) is 32.3. The molecule has 2 fully saturated rings. The number of ether oxygens (including phenoxy) is 3. The van der Waals surface area contributed by atoms with Crippen LogP contribution >= 0.6 is 0 Å². The van der Waals surface area contributed by atoms with Crippen LogP contribution in [0.4, 0.5) is 9.18 Å². The number of sulfonamides is 1. The number of carbonyl (C=O) groups excluding carboxylic acids is 2. The summed E-state index contributed by atoms with van der Waals surface area (Å²) in [7, 11) is -0.945. The maximum absolute atomic E-state index is 13.9. The molecule has 2 saturated heterocycles. The first-order valence-electron chi connectivity index (χ1n) is 18.1. The van der Waals surface area contributed by atoms with Gasteiger partial charge in [0.05, 0.1) is 40.8 Å². The van der Waals surface area contributed by atoms with Crippen molar-refractivity contribution < 1.29 is 62.1 Å². The van der Waals surface area contributed by atoms with Crippen molar-refractivity contribution >= 4 is 22.0 Å². The Morgan fingerprint density at radius 1 is 1.06 bits per heavy atom. The maximum atomic E-state index is 13.9. The van der Waals surface area contributed by atoms with Gasteiger partial charge in [-0.2, -0.15) is 0 Å². The van der Waals surface area contributed by atoms with Crippen molar-refractivity contribution in [2.75, 3.05) is 20.6 Å². The van der Waals surface area contributed by atoms with E-state index >= 15 is 0 Å². The molecule has 6 N–H and O–H groups in total. The van der Waals surface area contributed by atoms with Crippen molar-refractivity contribution in [2.45, 2.75) is 146 Å². The lowest BCUT2D eigenvalue weighted by Crippen LogP contribution is -2.61. The first-order chi connectivity index (χ1) is 24.3. The van der Waals surface area contributed by atoms with Crippen LogP contribution in [-0.2, 0) is 29.0 Å². The minimum atomic E-state index is -4.55. The number of aliphatic hydroxyl groups is 5.